The molecule has 1 atom stereocenters. The lowest BCUT2D eigenvalue weighted by molar-refractivity contribution is 0.0935. The molecule has 6 nitrogen and oxygen atoms in total. The fourth-order valence-corrected chi connectivity index (χ4v) is 3.09. The van der Waals surface area contributed by atoms with Crippen LogP contribution in [0, 0.1) is 18.6 Å². The number of carbonyl (C=O) groups is 1. The van der Waals surface area contributed by atoms with E-state index in [1.165, 1.54) is 13.0 Å². The lowest BCUT2D eigenvalue weighted by Crippen LogP contribution is -2.49. The second-order valence-corrected chi connectivity index (χ2v) is 7.76. The number of nitrogens with two attached hydrogens (primary N) is 1. The molecule has 2 aromatic heterocycles. The maximum Gasteiger partial charge on any atom is 0.270 e. The van der Waals surface area contributed by atoms with Crippen LogP contribution in [0.2, 0.25) is 0 Å². The van der Waals surface area contributed by atoms with Crippen LogP contribution in [0.1, 0.15) is 41.2 Å². The van der Waals surface area contributed by atoms with E-state index < -0.39 is 29.8 Å². The smallest absolute Gasteiger partial charge is 0.270 e. The number of pyridine rings is 1. The van der Waals surface area contributed by atoms with Gasteiger partial charge in [0.2, 0.25) is 0 Å². The van der Waals surface area contributed by atoms with Crippen LogP contribution in [0.3, 0.4) is 0 Å². The third kappa shape index (κ3) is 4.82. The monoisotopic (exact) mass is 434 g/mol. The number of amides is 1. The average molecular weight is 434 g/mol. The summed E-state index contributed by atoms with van der Waals surface area (Å²) in [6.45, 7) is 3.90. The number of nitrogens with zero attached hydrogens (tertiary/aromatic N) is 2. The van der Waals surface area contributed by atoms with Gasteiger partial charge in [0, 0.05) is 12.7 Å². The fraction of sp³-hybridized carbons (Fsp3) is 0.364. The first kappa shape index (κ1) is 22.6. The summed E-state index contributed by atoms with van der Waals surface area (Å²) in [7, 11) is 0. The van der Waals surface area contributed by atoms with E-state index in [2.05, 4.69) is 10.3 Å². The predicted octanol–water partition coefficient (Wildman–Crippen LogP) is 3.48. The number of aryl methyl sites for hydroxylation is 2. The molecule has 1 aromatic carbocycles. The minimum Gasteiger partial charge on any atom is -0.485 e. The second-order valence-electron chi connectivity index (χ2n) is 7.76. The van der Waals surface area contributed by atoms with Crippen molar-refractivity contribution in [3.05, 3.63) is 64.6 Å². The number of carbonyl (C=O) groups excluding carboxylic acids is 1. The van der Waals surface area contributed by atoms with Gasteiger partial charge in [-0.15, -0.1) is 0 Å². The SMILES string of the molecule is CCc1cc(OCc2c(F)cccc2F)c2nc(C)c(C(=O)NCC(C)(N)CF)n2c1. The molecule has 1 amide bonds. The third-order valence-electron chi connectivity index (χ3n) is 4.93. The highest BCUT2D eigenvalue weighted by Crippen LogP contribution is 2.26. The molecule has 2 heterocycles. The summed E-state index contributed by atoms with van der Waals surface area (Å²) in [5.74, 6) is -1.59. The molecular weight excluding hydrogens is 409 g/mol. The maximum atomic E-state index is 14.0. The molecule has 1 unspecified atom stereocenters. The van der Waals surface area contributed by atoms with Crippen LogP contribution in [-0.2, 0) is 13.0 Å². The van der Waals surface area contributed by atoms with Crippen LogP contribution >= 0.6 is 0 Å². The molecule has 0 saturated carbocycles. The molecule has 0 aliphatic rings. The number of hydrogen-bond donors (Lipinski definition) is 2. The van der Waals surface area contributed by atoms with Crippen molar-refractivity contribution in [3.8, 4) is 5.75 Å². The van der Waals surface area contributed by atoms with E-state index in [9.17, 15) is 18.0 Å². The number of fused-ring (bicyclic) bond motifs is 1. The molecule has 0 fully saturated rings. The van der Waals surface area contributed by atoms with Crippen molar-refractivity contribution in [2.75, 3.05) is 13.2 Å². The number of hydrogen-bond acceptors (Lipinski definition) is 4. The number of aromatic nitrogens is 2. The Kier molecular flexibility index (Phi) is 6.54. The topological polar surface area (TPSA) is 81.6 Å². The fourth-order valence-electron chi connectivity index (χ4n) is 3.09. The Morgan fingerprint density at radius 2 is 2.00 bits per heavy atom. The van der Waals surface area contributed by atoms with Crippen LogP contribution in [-0.4, -0.2) is 34.1 Å². The zero-order valence-electron chi connectivity index (χ0n) is 17.6. The van der Waals surface area contributed by atoms with Gasteiger partial charge in [0.1, 0.15) is 30.6 Å². The summed E-state index contributed by atoms with van der Waals surface area (Å²) in [5.41, 5.74) is 6.22. The normalized spacial score (nSPS) is 13.3. The van der Waals surface area contributed by atoms with Gasteiger partial charge in [-0.2, -0.15) is 0 Å². The maximum absolute atomic E-state index is 14.0. The van der Waals surface area contributed by atoms with Crippen molar-refractivity contribution in [2.24, 2.45) is 5.73 Å². The zero-order chi connectivity index (χ0) is 22.8. The molecule has 0 spiro atoms. The summed E-state index contributed by atoms with van der Waals surface area (Å²) in [6, 6.07) is 5.32. The minimum absolute atomic E-state index is 0.0571. The van der Waals surface area contributed by atoms with Gasteiger partial charge in [-0.25, -0.2) is 18.2 Å². The van der Waals surface area contributed by atoms with E-state index in [0.29, 0.717) is 17.8 Å². The number of rotatable bonds is 8. The Bertz CT molecular complexity index is 1090. The summed E-state index contributed by atoms with van der Waals surface area (Å²) in [6.07, 6.45) is 2.37. The number of halogens is 3. The van der Waals surface area contributed by atoms with Crippen molar-refractivity contribution >= 4 is 11.6 Å². The van der Waals surface area contributed by atoms with Crippen LogP contribution in [0.25, 0.3) is 5.65 Å². The predicted molar refractivity (Wildman–Crippen MR) is 111 cm³/mol. The lowest BCUT2D eigenvalue weighted by Gasteiger charge is -2.20. The van der Waals surface area contributed by atoms with E-state index in [0.717, 1.165) is 17.7 Å². The first-order valence-corrected chi connectivity index (χ1v) is 9.87. The number of ether oxygens (including phenoxy) is 1. The van der Waals surface area contributed by atoms with Gasteiger partial charge in [0.15, 0.2) is 11.4 Å². The van der Waals surface area contributed by atoms with Crippen molar-refractivity contribution in [3.63, 3.8) is 0 Å². The molecule has 166 valence electrons. The first-order chi connectivity index (χ1) is 14.7. The molecule has 0 saturated heterocycles. The molecule has 31 heavy (non-hydrogen) atoms. The molecule has 3 rings (SSSR count). The average Bonchev–Trinajstić information content (AvgIpc) is 3.07. The van der Waals surface area contributed by atoms with Crippen LogP contribution < -0.4 is 15.8 Å². The van der Waals surface area contributed by atoms with E-state index >= 15 is 0 Å². The minimum atomic E-state index is -1.18. The standard InChI is InChI=1S/C22H25F3N4O2/c1-4-14-8-18(31-10-15-16(24)6-5-7-17(15)25)20-28-13(2)19(29(20)9-14)21(30)27-12-22(3,26)11-23/h5-9H,4,10-12,26H2,1-3H3,(H,27,30). The Balaban J connectivity index is 1.97. The highest BCUT2D eigenvalue weighted by molar-refractivity contribution is 5.95. The molecule has 0 aliphatic heterocycles. The number of nitrogens with one attached hydrogen (secondary N) is 1. The van der Waals surface area contributed by atoms with Gasteiger partial charge in [0.25, 0.3) is 5.91 Å². The van der Waals surface area contributed by atoms with Gasteiger partial charge in [-0.3, -0.25) is 9.20 Å². The van der Waals surface area contributed by atoms with Gasteiger partial charge in [-0.1, -0.05) is 13.0 Å². The highest BCUT2D eigenvalue weighted by atomic mass is 19.1. The van der Waals surface area contributed by atoms with Crippen LogP contribution in [0.4, 0.5) is 13.2 Å². The zero-order valence-corrected chi connectivity index (χ0v) is 17.6. The van der Waals surface area contributed by atoms with E-state index in [1.807, 2.05) is 6.92 Å². The first-order valence-electron chi connectivity index (χ1n) is 9.87. The van der Waals surface area contributed by atoms with Gasteiger partial charge < -0.3 is 15.8 Å². The summed E-state index contributed by atoms with van der Waals surface area (Å²) >= 11 is 0. The van der Waals surface area contributed by atoms with Crippen molar-refractivity contribution in [2.45, 2.75) is 39.3 Å². The summed E-state index contributed by atoms with van der Waals surface area (Å²) < 4.78 is 48.2. The van der Waals surface area contributed by atoms with E-state index in [4.69, 9.17) is 10.5 Å². The Morgan fingerprint density at radius 1 is 1.32 bits per heavy atom. The Hall–Kier alpha value is -3.07. The summed E-state index contributed by atoms with van der Waals surface area (Å²) in [4.78, 5) is 17.2. The van der Waals surface area contributed by atoms with Gasteiger partial charge >= 0.3 is 0 Å². The lowest BCUT2D eigenvalue weighted by atomic mass is 10.1. The summed E-state index contributed by atoms with van der Waals surface area (Å²) in [5, 5.41) is 2.63. The van der Waals surface area contributed by atoms with E-state index in [1.54, 1.807) is 23.6 Å². The number of benzene rings is 1. The third-order valence-corrected chi connectivity index (χ3v) is 4.93. The number of alkyl halides is 1. The second kappa shape index (κ2) is 8.97. The van der Waals surface area contributed by atoms with Crippen LogP contribution in [0.5, 0.6) is 5.75 Å². The highest BCUT2D eigenvalue weighted by Gasteiger charge is 2.24. The largest absolute Gasteiger partial charge is 0.485 e. The van der Waals surface area contributed by atoms with Gasteiger partial charge in [0.05, 0.1) is 16.8 Å². The van der Waals surface area contributed by atoms with Crippen molar-refractivity contribution in [1.82, 2.24) is 14.7 Å². The molecule has 0 bridgehead atoms. The molecule has 0 aliphatic carbocycles. The van der Waals surface area contributed by atoms with Crippen molar-refractivity contribution in [1.29, 1.82) is 0 Å². The molecule has 9 heteroatoms. The molecule has 3 aromatic rings. The quantitative estimate of drug-likeness (QED) is 0.569. The number of imidazole rings is 1. The van der Waals surface area contributed by atoms with E-state index in [-0.39, 0.29) is 30.2 Å². The molecule has 3 N–H and O–H groups in total. The Labute approximate surface area is 178 Å². The van der Waals surface area contributed by atoms with Gasteiger partial charge in [-0.05, 0) is 44.0 Å². The van der Waals surface area contributed by atoms with Crippen molar-refractivity contribution < 1.29 is 22.7 Å². The molecular formula is C22H25F3N4O2. The van der Waals surface area contributed by atoms with Crippen LogP contribution in [0.15, 0.2) is 30.5 Å². The molecule has 0 radical (unpaired) electrons. The Morgan fingerprint density at radius 3 is 2.61 bits per heavy atom.